The molecular weight excluding hydrogens is 188 g/mol. The number of aromatic nitrogens is 1. The van der Waals surface area contributed by atoms with Gasteiger partial charge in [0.05, 0.1) is 0 Å². The number of aliphatic hydroxyl groups is 1. The Morgan fingerprint density at radius 1 is 1.53 bits per heavy atom. The molecule has 1 fully saturated rings. The molecule has 0 spiro atoms. The van der Waals surface area contributed by atoms with Crippen LogP contribution in [0.2, 0.25) is 0 Å². The Bertz CT molecular complexity index is 310. The molecule has 3 nitrogen and oxygen atoms in total. The smallest absolute Gasteiger partial charge is 0.128 e. The lowest BCUT2D eigenvalue weighted by Crippen LogP contribution is -2.37. The van der Waals surface area contributed by atoms with Gasteiger partial charge >= 0.3 is 0 Å². The van der Waals surface area contributed by atoms with Crippen LogP contribution in [-0.2, 0) is 0 Å². The van der Waals surface area contributed by atoms with Crippen LogP contribution < -0.4 is 4.90 Å². The molecule has 1 aromatic heterocycles. The molecule has 1 saturated heterocycles. The molecule has 15 heavy (non-hydrogen) atoms. The molecule has 0 aliphatic carbocycles. The lowest BCUT2D eigenvalue weighted by atomic mass is 9.99. The number of pyridine rings is 1. The fourth-order valence-electron chi connectivity index (χ4n) is 2.07. The molecule has 1 N–H and O–H groups in total. The summed E-state index contributed by atoms with van der Waals surface area (Å²) >= 11 is 0. The summed E-state index contributed by atoms with van der Waals surface area (Å²) in [5.74, 6) is 1.46. The second-order valence-electron chi connectivity index (χ2n) is 4.33. The monoisotopic (exact) mass is 206 g/mol. The minimum Gasteiger partial charge on any atom is -0.396 e. The van der Waals surface area contributed by atoms with Gasteiger partial charge in [-0.25, -0.2) is 4.98 Å². The molecule has 0 saturated carbocycles. The summed E-state index contributed by atoms with van der Waals surface area (Å²) in [6, 6.07) is 4.15. The second-order valence-corrected chi connectivity index (χ2v) is 4.33. The van der Waals surface area contributed by atoms with Crippen molar-refractivity contribution in [1.29, 1.82) is 0 Å². The SMILES string of the molecule is Cc1ccc(N2CCC[C@@H](CO)C2)nc1. The summed E-state index contributed by atoms with van der Waals surface area (Å²) in [4.78, 5) is 6.68. The van der Waals surface area contributed by atoms with Gasteiger partial charge in [0.1, 0.15) is 5.82 Å². The van der Waals surface area contributed by atoms with Crippen molar-refractivity contribution in [3.8, 4) is 0 Å². The highest BCUT2D eigenvalue weighted by atomic mass is 16.3. The van der Waals surface area contributed by atoms with Crippen molar-refractivity contribution in [2.24, 2.45) is 5.92 Å². The van der Waals surface area contributed by atoms with E-state index in [-0.39, 0.29) is 0 Å². The van der Waals surface area contributed by atoms with E-state index < -0.39 is 0 Å². The lowest BCUT2D eigenvalue weighted by molar-refractivity contribution is 0.208. The fraction of sp³-hybridized carbons (Fsp3) is 0.583. The van der Waals surface area contributed by atoms with Gasteiger partial charge in [0.25, 0.3) is 0 Å². The average Bonchev–Trinajstić information content (AvgIpc) is 2.30. The fourth-order valence-corrected chi connectivity index (χ4v) is 2.07. The molecule has 0 amide bonds. The molecule has 82 valence electrons. The maximum Gasteiger partial charge on any atom is 0.128 e. The van der Waals surface area contributed by atoms with Crippen LogP contribution in [0.3, 0.4) is 0 Å². The van der Waals surface area contributed by atoms with E-state index in [0.29, 0.717) is 12.5 Å². The van der Waals surface area contributed by atoms with Crippen molar-refractivity contribution in [1.82, 2.24) is 4.98 Å². The molecule has 0 unspecified atom stereocenters. The van der Waals surface area contributed by atoms with Crippen LogP contribution in [0.1, 0.15) is 18.4 Å². The molecule has 0 radical (unpaired) electrons. The van der Waals surface area contributed by atoms with E-state index >= 15 is 0 Å². The van der Waals surface area contributed by atoms with E-state index in [9.17, 15) is 0 Å². The van der Waals surface area contributed by atoms with Gasteiger partial charge in [-0.15, -0.1) is 0 Å². The number of aryl methyl sites for hydroxylation is 1. The van der Waals surface area contributed by atoms with Crippen LogP contribution in [0.25, 0.3) is 0 Å². The molecule has 0 bridgehead atoms. The largest absolute Gasteiger partial charge is 0.396 e. The first-order valence-electron chi connectivity index (χ1n) is 5.58. The number of piperidine rings is 1. The average molecular weight is 206 g/mol. The van der Waals surface area contributed by atoms with Gasteiger partial charge in [-0.3, -0.25) is 0 Å². The molecule has 2 heterocycles. The summed E-state index contributed by atoms with van der Waals surface area (Å²) in [6.45, 7) is 4.34. The first kappa shape index (κ1) is 10.4. The Morgan fingerprint density at radius 2 is 2.40 bits per heavy atom. The van der Waals surface area contributed by atoms with Crippen molar-refractivity contribution in [3.63, 3.8) is 0 Å². The molecule has 0 aromatic carbocycles. The topological polar surface area (TPSA) is 36.4 Å². The van der Waals surface area contributed by atoms with E-state index in [1.165, 1.54) is 5.56 Å². The molecule has 3 heteroatoms. The van der Waals surface area contributed by atoms with Gasteiger partial charge < -0.3 is 10.0 Å². The second kappa shape index (κ2) is 4.62. The Hall–Kier alpha value is -1.09. The van der Waals surface area contributed by atoms with Gasteiger partial charge in [0.15, 0.2) is 0 Å². The Labute approximate surface area is 90.8 Å². The number of anilines is 1. The maximum atomic E-state index is 9.15. The highest BCUT2D eigenvalue weighted by Crippen LogP contribution is 2.21. The van der Waals surface area contributed by atoms with Gasteiger partial charge in [0, 0.05) is 25.9 Å². The standard InChI is InChI=1S/C12H18N2O/c1-10-4-5-12(13-7-10)14-6-2-3-11(8-14)9-15/h4-5,7,11,15H,2-3,6,8-9H2,1H3/t11-/m1/s1. The first-order chi connectivity index (χ1) is 7.29. The van der Waals surface area contributed by atoms with Crippen molar-refractivity contribution < 1.29 is 5.11 Å². The third kappa shape index (κ3) is 2.48. The molecular formula is C12H18N2O. The minimum absolute atomic E-state index is 0.294. The predicted molar refractivity (Wildman–Crippen MR) is 61.0 cm³/mol. The van der Waals surface area contributed by atoms with Gasteiger partial charge in [-0.05, 0) is 37.3 Å². The Kier molecular flexibility index (Phi) is 3.21. The number of rotatable bonds is 2. The zero-order chi connectivity index (χ0) is 10.7. The number of hydrogen-bond donors (Lipinski definition) is 1. The molecule has 1 aromatic rings. The van der Waals surface area contributed by atoms with E-state index in [4.69, 9.17) is 5.11 Å². The van der Waals surface area contributed by atoms with Crippen LogP contribution in [0, 0.1) is 12.8 Å². The highest BCUT2D eigenvalue weighted by molar-refractivity contribution is 5.39. The summed E-state index contributed by atoms with van der Waals surface area (Å²) in [5.41, 5.74) is 1.19. The third-order valence-electron chi connectivity index (χ3n) is 3.00. The first-order valence-corrected chi connectivity index (χ1v) is 5.58. The van der Waals surface area contributed by atoms with Crippen LogP contribution >= 0.6 is 0 Å². The van der Waals surface area contributed by atoms with Crippen molar-refractivity contribution in [3.05, 3.63) is 23.9 Å². The lowest BCUT2D eigenvalue weighted by Gasteiger charge is -2.32. The number of aliphatic hydroxyl groups excluding tert-OH is 1. The van der Waals surface area contributed by atoms with Crippen molar-refractivity contribution >= 4 is 5.82 Å². The van der Waals surface area contributed by atoms with Crippen molar-refractivity contribution in [2.45, 2.75) is 19.8 Å². The summed E-state index contributed by atoms with van der Waals surface area (Å²) < 4.78 is 0. The molecule has 1 atom stereocenters. The van der Waals surface area contributed by atoms with E-state index in [0.717, 1.165) is 31.7 Å². The number of hydrogen-bond acceptors (Lipinski definition) is 3. The van der Waals surface area contributed by atoms with E-state index in [1.54, 1.807) is 0 Å². The van der Waals surface area contributed by atoms with Crippen LogP contribution in [0.5, 0.6) is 0 Å². The summed E-state index contributed by atoms with van der Waals surface area (Å²) in [5, 5.41) is 9.15. The zero-order valence-corrected chi connectivity index (χ0v) is 9.19. The minimum atomic E-state index is 0.294. The number of nitrogens with zero attached hydrogens (tertiary/aromatic N) is 2. The summed E-state index contributed by atoms with van der Waals surface area (Å²) in [7, 11) is 0. The van der Waals surface area contributed by atoms with Gasteiger partial charge in [-0.2, -0.15) is 0 Å². The highest BCUT2D eigenvalue weighted by Gasteiger charge is 2.19. The molecule has 1 aliphatic rings. The summed E-state index contributed by atoms with van der Waals surface area (Å²) in [6.07, 6.45) is 4.19. The Balaban J connectivity index is 2.06. The van der Waals surface area contributed by atoms with E-state index in [1.807, 2.05) is 13.1 Å². The van der Waals surface area contributed by atoms with Crippen LogP contribution in [-0.4, -0.2) is 29.8 Å². The van der Waals surface area contributed by atoms with Crippen LogP contribution in [0.15, 0.2) is 18.3 Å². The zero-order valence-electron chi connectivity index (χ0n) is 9.19. The normalized spacial score (nSPS) is 21.7. The molecule has 2 rings (SSSR count). The predicted octanol–water partition coefficient (Wildman–Crippen LogP) is 1.60. The van der Waals surface area contributed by atoms with Gasteiger partial charge in [-0.1, -0.05) is 6.07 Å². The Morgan fingerprint density at radius 3 is 3.07 bits per heavy atom. The maximum absolute atomic E-state index is 9.15. The van der Waals surface area contributed by atoms with Crippen molar-refractivity contribution in [2.75, 3.05) is 24.6 Å². The van der Waals surface area contributed by atoms with E-state index in [2.05, 4.69) is 22.0 Å². The van der Waals surface area contributed by atoms with Crippen LogP contribution in [0.4, 0.5) is 5.82 Å². The van der Waals surface area contributed by atoms with Gasteiger partial charge in [0.2, 0.25) is 0 Å². The molecule has 1 aliphatic heterocycles. The third-order valence-corrected chi connectivity index (χ3v) is 3.00. The quantitative estimate of drug-likeness (QED) is 0.798.